The van der Waals surface area contributed by atoms with Crippen LogP contribution in [0.1, 0.15) is 62.1 Å². The van der Waals surface area contributed by atoms with Gasteiger partial charge < -0.3 is 19.2 Å². The van der Waals surface area contributed by atoms with Gasteiger partial charge in [0.25, 0.3) is 5.91 Å². The number of nitrogens with one attached hydrogen (secondary N) is 1. The Labute approximate surface area is 171 Å². The van der Waals surface area contributed by atoms with Crippen LogP contribution < -0.4 is 5.32 Å². The third kappa shape index (κ3) is 5.48. The van der Waals surface area contributed by atoms with E-state index in [2.05, 4.69) is 11.4 Å². The molecule has 1 N–H and O–H groups in total. The first-order valence-corrected chi connectivity index (χ1v) is 10.3. The molecule has 0 spiro atoms. The van der Waals surface area contributed by atoms with Gasteiger partial charge in [-0.1, -0.05) is 29.8 Å². The molecule has 3 rings (SSSR count). The Morgan fingerprint density at radius 2 is 2.07 bits per heavy atom. The van der Waals surface area contributed by atoms with Crippen LogP contribution in [0.25, 0.3) is 11.0 Å². The van der Waals surface area contributed by atoms with Crippen LogP contribution in [-0.4, -0.2) is 31.1 Å². The Bertz CT molecular complexity index is 883. The average Bonchev–Trinajstić information content (AvgIpc) is 3.11. The summed E-state index contributed by atoms with van der Waals surface area (Å²) in [5.74, 6) is -0.877. The summed E-state index contributed by atoms with van der Waals surface area (Å²) >= 11 is 0. The fourth-order valence-electron chi connectivity index (χ4n) is 3.50. The molecule has 1 aliphatic rings. The van der Waals surface area contributed by atoms with Gasteiger partial charge in [-0.3, -0.25) is 4.79 Å². The Morgan fingerprint density at radius 1 is 1.24 bits per heavy atom. The number of furan rings is 1. The second-order valence-electron chi connectivity index (χ2n) is 7.24. The molecule has 6 nitrogen and oxygen atoms in total. The maximum Gasteiger partial charge on any atom is 0.375 e. The monoisotopic (exact) mass is 399 g/mol. The van der Waals surface area contributed by atoms with Gasteiger partial charge in [-0.05, 0) is 52.0 Å². The van der Waals surface area contributed by atoms with E-state index in [1.165, 1.54) is 18.4 Å². The van der Waals surface area contributed by atoms with E-state index in [4.69, 9.17) is 13.9 Å². The molecule has 156 valence electrons. The van der Waals surface area contributed by atoms with Gasteiger partial charge in [0.15, 0.2) is 6.10 Å². The molecule has 0 aliphatic heterocycles. The number of allylic oxidation sites excluding steroid dienone is 1. The van der Waals surface area contributed by atoms with Crippen molar-refractivity contribution < 1.29 is 23.5 Å². The summed E-state index contributed by atoms with van der Waals surface area (Å²) in [5, 5.41) is 3.66. The smallest absolute Gasteiger partial charge is 0.375 e. The minimum atomic E-state index is -0.906. The summed E-state index contributed by atoms with van der Waals surface area (Å²) in [4.78, 5) is 25.0. The first-order valence-electron chi connectivity index (χ1n) is 10.3. The van der Waals surface area contributed by atoms with E-state index in [9.17, 15) is 9.59 Å². The fourth-order valence-corrected chi connectivity index (χ4v) is 3.50. The molecule has 1 heterocycles. The molecule has 29 heavy (non-hydrogen) atoms. The van der Waals surface area contributed by atoms with Gasteiger partial charge in [0.05, 0.1) is 6.61 Å². The summed E-state index contributed by atoms with van der Waals surface area (Å²) in [6, 6.07) is 7.38. The summed E-state index contributed by atoms with van der Waals surface area (Å²) < 4.78 is 16.6. The van der Waals surface area contributed by atoms with E-state index in [-0.39, 0.29) is 18.3 Å². The largest absolute Gasteiger partial charge is 0.449 e. The molecular weight excluding hydrogens is 370 g/mol. The number of rotatable bonds is 9. The van der Waals surface area contributed by atoms with Crippen LogP contribution in [-0.2, 0) is 20.9 Å². The number of para-hydroxylation sites is 1. The van der Waals surface area contributed by atoms with Crippen LogP contribution >= 0.6 is 0 Å². The van der Waals surface area contributed by atoms with Gasteiger partial charge in [0, 0.05) is 24.1 Å². The van der Waals surface area contributed by atoms with Crippen LogP contribution in [0.3, 0.4) is 0 Å². The van der Waals surface area contributed by atoms with Crippen molar-refractivity contribution >= 4 is 22.8 Å². The first-order chi connectivity index (χ1) is 14.1. The summed E-state index contributed by atoms with van der Waals surface area (Å²) in [7, 11) is 0. The number of esters is 1. The normalized spacial score (nSPS) is 15.0. The van der Waals surface area contributed by atoms with E-state index < -0.39 is 12.1 Å². The van der Waals surface area contributed by atoms with Gasteiger partial charge >= 0.3 is 5.97 Å². The maximum absolute atomic E-state index is 12.7. The molecule has 0 bridgehead atoms. The zero-order chi connectivity index (χ0) is 20.6. The Balaban J connectivity index is 1.60. The van der Waals surface area contributed by atoms with Gasteiger partial charge in [-0.2, -0.15) is 0 Å². The highest BCUT2D eigenvalue weighted by atomic mass is 16.6. The topological polar surface area (TPSA) is 77.8 Å². The summed E-state index contributed by atoms with van der Waals surface area (Å²) in [5.41, 5.74) is 2.63. The number of carbonyl (C=O) groups is 2. The highest BCUT2D eigenvalue weighted by Crippen LogP contribution is 2.27. The molecule has 1 aliphatic carbocycles. The van der Waals surface area contributed by atoms with Gasteiger partial charge in [-0.15, -0.1) is 0 Å². The second kappa shape index (κ2) is 10.3. The van der Waals surface area contributed by atoms with E-state index in [0.29, 0.717) is 24.3 Å². The molecule has 1 aromatic carbocycles. The zero-order valence-corrected chi connectivity index (χ0v) is 17.2. The molecule has 0 fully saturated rings. The van der Waals surface area contributed by atoms with Crippen molar-refractivity contribution in [2.45, 2.75) is 58.7 Å². The van der Waals surface area contributed by atoms with Crippen molar-refractivity contribution in [2.24, 2.45) is 0 Å². The van der Waals surface area contributed by atoms with Gasteiger partial charge in [0.2, 0.25) is 5.76 Å². The molecule has 2 aromatic rings. The van der Waals surface area contributed by atoms with Crippen LogP contribution in [0.5, 0.6) is 0 Å². The van der Waals surface area contributed by atoms with Crippen molar-refractivity contribution in [3.8, 4) is 0 Å². The van der Waals surface area contributed by atoms with Gasteiger partial charge in [0.1, 0.15) is 5.58 Å². The first kappa shape index (κ1) is 21.1. The van der Waals surface area contributed by atoms with E-state index in [1.54, 1.807) is 13.0 Å². The molecular formula is C23H29NO5. The van der Waals surface area contributed by atoms with Crippen molar-refractivity contribution in [1.29, 1.82) is 0 Å². The number of ether oxygens (including phenoxy) is 2. The predicted octanol–water partition coefficient (Wildman–Crippen LogP) is 4.52. The number of carbonyl (C=O) groups excluding carboxylic acids is 2. The van der Waals surface area contributed by atoms with E-state index in [1.807, 2.05) is 25.1 Å². The Morgan fingerprint density at radius 3 is 2.83 bits per heavy atom. The van der Waals surface area contributed by atoms with Crippen LogP contribution in [0.15, 0.2) is 40.3 Å². The Hall–Kier alpha value is -2.60. The number of amides is 1. The zero-order valence-electron chi connectivity index (χ0n) is 17.2. The highest BCUT2D eigenvalue weighted by Gasteiger charge is 2.25. The fraction of sp³-hybridized carbons (Fsp3) is 0.478. The van der Waals surface area contributed by atoms with E-state index >= 15 is 0 Å². The van der Waals surface area contributed by atoms with Crippen LogP contribution in [0.2, 0.25) is 0 Å². The average molecular weight is 399 g/mol. The van der Waals surface area contributed by atoms with Crippen LogP contribution in [0.4, 0.5) is 0 Å². The van der Waals surface area contributed by atoms with Crippen molar-refractivity contribution in [3.63, 3.8) is 0 Å². The lowest BCUT2D eigenvalue weighted by atomic mass is 9.97. The third-order valence-electron chi connectivity index (χ3n) is 5.12. The summed E-state index contributed by atoms with van der Waals surface area (Å²) in [6.07, 6.45) is 6.89. The maximum atomic E-state index is 12.7. The number of benzene rings is 1. The van der Waals surface area contributed by atoms with E-state index in [0.717, 1.165) is 24.6 Å². The van der Waals surface area contributed by atoms with Crippen molar-refractivity contribution in [3.05, 3.63) is 47.2 Å². The molecule has 1 aromatic heterocycles. The molecule has 1 amide bonds. The van der Waals surface area contributed by atoms with Crippen molar-refractivity contribution in [1.82, 2.24) is 5.32 Å². The molecule has 6 heteroatoms. The SMILES string of the molecule is CCOCc1c(C(=O)OC(C)C(=O)NCCC2=CCCCC2)oc2ccccc12. The number of fused-ring (bicyclic) bond motifs is 1. The van der Waals surface area contributed by atoms with Gasteiger partial charge in [-0.25, -0.2) is 4.79 Å². The molecule has 0 saturated heterocycles. The standard InChI is InChI=1S/C23H29NO5/c1-3-27-15-19-18-11-7-8-12-20(18)29-21(19)23(26)28-16(2)22(25)24-14-13-17-9-5-4-6-10-17/h7-9,11-12,16H,3-6,10,13-15H2,1-2H3,(H,24,25). The molecule has 0 saturated carbocycles. The van der Waals surface area contributed by atoms with Crippen LogP contribution in [0, 0.1) is 0 Å². The lowest BCUT2D eigenvalue weighted by Crippen LogP contribution is -2.36. The minimum absolute atomic E-state index is 0.0895. The minimum Gasteiger partial charge on any atom is -0.449 e. The Kier molecular flexibility index (Phi) is 7.47. The third-order valence-corrected chi connectivity index (χ3v) is 5.12. The molecule has 1 unspecified atom stereocenters. The lowest BCUT2D eigenvalue weighted by molar-refractivity contribution is -0.129. The van der Waals surface area contributed by atoms with Crippen molar-refractivity contribution in [2.75, 3.05) is 13.2 Å². The lowest BCUT2D eigenvalue weighted by Gasteiger charge is -2.15. The second-order valence-corrected chi connectivity index (χ2v) is 7.24. The highest BCUT2D eigenvalue weighted by molar-refractivity contribution is 5.97. The number of hydrogen-bond acceptors (Lipinski definition) is 5. The quantitative estimate of drug-likeness (QED) is 0.495. The predicted molar refractivity (Wildman–Crippen MR) is 111 cm³/mol. The molecule has 1 atom stereocenters. The number of hydrogen-bond donors (Lipinski definition) is 1. The summed E-state index contributed by atoms with van der Waals surface area (Å²) in [6.45, 7) is 4.76. The molecule has 0 radical (unpaired) electrons.